The van der Waals surface area contributed by atoms with Gasteiger partial charge >= 0.3 is 0 Å². The molecule has 2 aromatic rings. The summed E-state index contributed by atoms with van der Waals surface area (Å²) in [5.41, 5.74) is 0.779. The molecule has 1 atom stereocenters. The number of nitrogens with zero attached hydrogens (tertiary/aromatic N) is 1. The van der Waals surface area contributed by atoms with Crippen LogP contribution in [0.25, 0.3) is 0 Å². The van der Waals surface area contributed by atoms with E-state index in [0.717, 1.165) is 11.6 Å². The highest BCUT2D eigenvalue weighted by molar-refractivity contribution is 6.30. The highest BCUT2D eigenvalue weighted by atomic mass is 35.5. The first-order valence-corrected chi connectivity index (χ1v) is 6.79. The van der Waals surface area contributed by atoms with E-state index < -0.39 is 11.7 Å². The molecular weight excluding hydrogens is 293 g/mol. The van der Waals surface area contributed by atoms with Crippen molar-refractivity contribution in [1.29, 1.82) is 0 Å². The minimum absolute atomic E-state index is 0.0795. The summed E-state index contributed by atoms with van der Waals surface area (Å²) < 4.78 is 13.8. The topological polar surface area (TPSA) is 40.5 Å². The summed E-state index contributed by atoms with van der Waals surface area (Å²) in [5, 5.41) is 9.78. The maximum Gasteiger partial charge on any atom is 0.257 e. The molecule has 5 heteroatoms. The Morgan fingerprint density at radius 2 is 2.00 bits per heavy atom. The number of halogens is 2. The van der Waals surface area contributed by atoms with Crippen molar-refractivity contribution in [2.45, 2.75) is 13.0 Å². The number of phenols is 1. The van der Waals surface area contributed by atoms with Crippen LogP contribution in [0.5, 0.6) is 5.75 Å². The van der Waals surface area contributed by atoms with Gasteiger partial charge in [0.25, 0.3) is 5.91 Å². The second-order valence-corrected chi connectivity index (χ2v) is 5.25. The van der Waals surface area contributed by atoms with Gasteiger partial charge in [-0.2, -0.15) is 0 Å². The second kappa shape index (κ2) is 6.14. The normalized spacial score (nSPS) is 12.0. The molecule has 0 radical (unpaired) electrons. The fraction of sp³-hybridized carbons (Fsp3) is 0.188. The van der Waals surface area contributed by atoms with E-state index in [0.29, 0.717) is 5.02 Å². The molecule has 21 heavy (non-hydrogen) atoms. The molecule has 0 aliphatic carbocycles. The van der Waals surface area contributed by atoms with Crippen molar-refractivity contribution in [2.24, 2.45) is 0 Å². The van der Waals surface area contributed by atoms with Crippen LogP contribution in [0.1, 0.15) is 28.9 Å². The van der Waals surface area contributed by atoms with Gasteiger partial charge in [-0.1, -0.05) is 23.7 Å². The number of rotatable bonds is 3. The number of hydrogen-bond donors (Lipinski definition) is 1. The van der Waals surface area contributed by atoms with Crippen molar-refractivity contribution < 1.29 is 14.3 Å². The quantitative estimate of drug-likeness (QED) is 0.930. The molecule has 0 saturated heterocycles. The number of benzene rings is 2. The molecule has 0 heterocycles. The third-order valence-corrected chi connectivity index (χ3v) is 3.65. The van der Waals surface area contributed by atoms with Crippen LogP contribution >= 0.6 is 11.6 Å². The van der Waals surface area contributed by atoms with Gasteiger partial charge in [-0.25, -0.2) is 4.39 Å². The third kappa shape index (κ3) is 3.34. The Kier molecular flexibility index (Phi) is 4.48. The van der Waals surface area contributed by atoms with Crippen LogP contribution in [0.2, 0.25) is 5.02 Å². The maximum absolute atomic E-state index is 13.8. The third-order valence-electron chi connectivity index (χ3n) is 3.42. The second-order valence-electron chi connectivity index (χ2n) is 4.81. The SMILES string of the molecule is CC(c1cccc(Cl)c1)N(C)C(=O)c1ccc(O)cc1F. The summed E-state index contributed by atoms with van der Waals surface area (Å²) in [6, 6.07) is 10.4. The lowest BCUT2D eigenvalue weighted by molar-refractivity contribution is 0.0738. The van der Waals surface area contributed by atoms with E-state index >= 15 is 0 Å². The molecule has 0 fully saturated rings. The number of carbonyl (C=O) groups is 1. The van der Waals surface area contributed by atoms with Crippen molar-refractivity contribution in [3.63, 3.8) is 0 Å². The number of carbonyl (C=O) groups excluding carboxylic acids is 1. The fourth-order valence-corrected chi connectivity index (χ4v) is 2.23. The summed E-state index contributed by atoms with van der Waals surface area (Å²) >= 11 is 5.94. The zero-order chi connectivity index (χ0) is 15.6. The van der Waals surface area contributed by atoms with Crippen molar-refractivity contribution >= 4 is 17.5 Å². The molecular formula is C16H15ClFNO2. The number of aromatic hydroxyl groups is 1. The van der Waals surface area contributed by atoms with Crippen LogP contribution in [0, 0.1) is 5.82 Å². The number of phenolic OH excluding ortho intramolecular Hbond substituents is 1. The van der Waals surface area contributed by atoms with Crippen LogP contribution < -0.4 is 0 Å². The van der Waals surface area contributed by atoms with Crippen molar-refractivity contribution in [2.75, 3.05) is 7.05 Å². The van der Waals surface area contributed by atoms with Crippen LogP contribution in [0.3, 0.4) is 0 Å². The Bertz CT molecular complexity index is 675. The molecule has 0 aliphatic heterocycles. The Balaban J connectivity index is 2.26. The molecule has 0 saturated carbocycles. The van der Waals surface area contributed by atoms with Gasteiger partial charge in [0.2, 0.25) is 0 Å². The average molecular weight is 308 g/mol. The molecule has 1 N–H and O–H groups in total. The molecule has 3 nitrogen and oxygen atoms in total. The van der Waals surface area contributed by atoms with Gasteiger partial charge in [0.15, 0.2) is 0 Å². The first-order chi connectivity index (χ1) is 9.90. The predicted octanol–water partition coefficient (Wildman–Crippen LogP) is 4.02. The van der Waals surface area contributed by atoms with Gasteiger partial charge < -0.3 is 10.0 Å². The Morgan fingerprint density at radius 3 is 2.62 bits per heavy atom. The van der Waals surface area contributed by atoms with E-state index in [1.165, 1.54) is 17.0 Å². The van der Waals surface area contributed by atoms with Gasteiger partial charge in [-0.3, -0.25) is 4.79 Å². The molecule has 0 aliphatic rings. The summed E-state index contributed by atoms with van der Waals surface area (Å²) in [6.45, 7) is 1.84. The van der Waals surface area contributed by atoms with Crippen LogP contribution in [-0.2, 0) is 0 Å². The van der Waals surface area contributed by atoms with Gasteiger partial charge in [-0.15, -0.1) is 0 Å². The van der Waals surface area contributed by atoms with Gasteiger partial charge in [0, 0.05) is 18.1 Å². The Hall–Kier alpha value is -2.07. The van der Waals surface area contributed by atoms with E-state index in [-0.39, 0.29) is 17.4 Å². The van der Waals surface area contributed by atoms with Gasteiger partial charge in [0.05, 0.1) is 11.6 Å². The van der Waals surface area contributed by atoms with Crippen molar-refractivity contribution in [3.05, 3.63) is 64.4 Å². The van der Waals surface area contributed by atoms with Gasteiger partial charge in [0.1, 0.15) is 11.6 Å². The van der Waals surface area contributed by atoms with E-state index in [1.54, 1.807) is 25.2 Å². The zero-order valence-corrected chi connectivity index (χ0v) is 12.4. The van der Waals surface area contributed by atoms with Gasteiger partial charge in [-0.05, 0) is 36.8 Å². The Labute approximate surface area is 127 Å². The lowest BCUT2D eigenvalue weighted by Gasteiger charge is -2.25. The van der Waals surface area contributed by atoms with E-state index in [2.05, 4.69) is 0 Å². The summed E-state index contributed by atoms with van der Waals surface area (Å²) in [6.07, 6.45) is 0. The smallest absolute Gasteiger partial charge is 0.257 e. The van der Waals surface area contributed by atoms with Crippen LogP contribution in [0.15, 0.2) is 42.5 Å². The molecule has 1 amide bonds. The molecule has 2 rings (SSSR count). The van der Waals surface area contributed by atoms with Crippen LogP contribution in [0.4, 0.5) is 4.39 Å². The van der Waals surface area contributed by atoms with E-state index in [1.807, 2.05) is 13.0 Å². The average Bonchev–Trinajstić information content (AvgIpc) is 2.45. The molecule has 1 unspecified atom stereocenters. The largest absolute Gasteiger partial charge is 0.508 e. The molecule has 0 bridgehead atoms. The fourth-order valence-electron chi connectivity index (χ4n) is 2.03. The minimum Gasteiger partial charge on any atom is -0.508 e. The van der Waals surface area contributed by atoms with Crippen molar-refractivity contribution in [3.8, 4) is 5.75 Å². The maximum atomic E-state index is 13.8. The molecule has 0 spiro atoms. The first-order valence-electron chi connectivity index (χ1n) is 6.41. The molecule has 110 valence electrons. The minimum atomic E-state index is -0.745. The van der Waals surface area contributed by atoms with Crippen LogP contribution in [-0.4, -0.2) is 23.0 Å². The predicted molar refractivity (Wildman–Crippen MR) is 80.0 cm³/mol. The zero-order valence-electron chi connectivity index (χ0n) is 11.7. The first kappa shape index (κ1) is 15.3. The standard InChI is InChI=1S/C16H15ClFNO2/c1-10(11-4-3-5-12(17)8-11)19(2)16(21)14-7-6-13(20)9-15(14)18/h3-10,20H,1-2H3. The Morgan fingerprint density at radius 1 is 1.29 bits per heavy atom. The number of hydrogen-bond acceptors (Lipinski definition) is 2. The van der Waals surface area contributed by atoms with E-state index in [4.69, 9.17) is 11.6 Å². The molecule has 0 aromatic heterocycles. The lowest BCUT2D eigenvalue weighted by Crippen LogP contribution is -2.30. The summed E-state index contributed by atoms with van der Waals surface area (Å²) in [5.74, 6) is -1.42. The monoisotopic (exact) mass is 307 g/mol. The van der Waals surface area contributed by atoms with Crippen molar-refractivity contribution in [1.82, 2.24) is 4.90 Å². The van der Waals surface area contributed by atoms with E-state index in [9.17, 15) is 14.3 Å². The highest BCUT2D eigenvalue weighted by Crippen LogP contribution is 2.24. The highest BCUT2D eigenvalue weighted by Gasteiger charge is 2.21. The summed E-state index contributed by atoms with van der Waals surface area (Å²) in [7, 11) is 1.60. The molecule has 2 aromatic carbocycles. The lowest BCUT2D eigenvalue weighted by atomic mass is 10.1. The number of amides is 1. The summed E-state index contributed by atoms with van der Waals surface area (Å²) in [4.78, 5) is 13.8.